The van der Waals surface area contributed by atoms with Gasteiger partial charge >= 0.3 is 6.03 Å². The number of hydrogen-bond donors (Lipinski definition) is 3. The van der Waals surface area contributed by atoms with Crippen LogP contribution in [-0.4, -0.2) is 22.7 Å². The van der Waals surface area contributed by atoms with Gasteiger partial charge in [-0.1, -0.05) is 0 Å². The molecule has 1 atom stereocenters. The molecule has 0 aliphatic carbocycles. The van der Waals surface area contributed by atoms with Crippen molar-refractivity contribution >= 4 is 17.4 Å². The normalized spacial score (nSPS) is 12.1. The molecular weight excluding hydrogens is 266 g/mol. The van der Waals surface area contributed by atoms with E-state index >= 15 is 0 Å². The van der Waals surface area contributed by atoms with Gasteiger partial charge in [0.1, 0.15) is 11.9 Å². The maximum atomic E-state index is 11.5. The first-order valence-corrected chi connectivity index (χ1v) is 6.61. The van der Waals surface area contributed by atoms with Crippen molar-refractivity contribution < 1.29 is 14.3 Å². The molecule has 19 heavy (non-hydrogen) atoms. The molecule has 6 nitrogen and oxygen atoms in total. The first-order valence-electron chi connectivity index (χ1n) is 5.79. The second kappa shape index (κ2) is 6.35. The Kier molecular flexibility index (Phi) is 4.53. The van der Waals surface area contributed by atoms with Crippen molar-refractivity contribution in [2.45, 2.75) is 19.6 Å². The number of rotatable bonds is 5. The highest BCUT2D eigenvalue weighted by atomic mass is 32.1. The molecule has 7 heteroatoms. The first-order chi connectivity index (χ1) is 9.15. The van der Waals surface area contributed by atoms with Crippen LogP contribution in [0.1, 0.15) is 21.7 Å². The highest BCUT2D eigenvalue weighted by molar-refractivity contribution is 7.11. The Hall–Kier alpha value is -1.86. The van der Waals surface area contributed by atoms with Crippen LogP contribution in [0.5, 0.6) is 0 Å². The number of nitrogens with one attached hydrogen (secondary N) is 2. The molecular formula is C12H15N3O3S. The standard InChI is InChI=1S/C12H15N3O3S/c1-8-13-5-9(19-8)6-14-12(17)15-7-10(16)11-3-2-4-18-11/h2-5,10,16H,6-7H2,1H3,(H2,14,15,17). The Labute approximate surface area is 114 Å². The van der Waals surface area contributed by atoms with Gasteiger partial charge in [0.2, 0.25) is 0 Å². The number of thiazole rings is 1. The fourth-order valence-electron chi connectivity index (χ4n) is 1.49. The second-order valence-electron chi connectivity index (χ2n) is 3.94. The molecule has 0 saturated carbocycles. The lowest BCUT2D eigenvalue weighted by molar-refractivity contribution is 0.148. The van der Waals surface area contributed by atoms with Gasteiger partial charge in [-0.2, -0.15) is 0 Å². The van der Waals surface area contributed by atoms with Crippen molar-refractivity contribution in [3.63, 3.8) is 0 Å². The third-order valence-corrected chi connectivity index (χ3v) is 3.33. The van der Waals surface area contributed by atoms with Crippen LogP contribution in [0.25, 0.3) is 0 Å². The number of aryl methyl sites for hydroxylation is 1. The van der Waals surface area contributed by atoms with Gasteiger partial charge in [0.05, 0.1) is 24.4 Å². The molecule has 0 aliphatic rings. The number of furan rings is 1. The molecule has 3 N–H and O–H groups in total. The highest BCUT2D eigenvalue weighted by Gasteiger charge is 2.11. The summed E-state index contributed by atoms with van der Waals surface area (Å²) in [7, 11) is 0. The van der Waals surface area contributed by atoms with Gasteiger partial charge in [0, 0.05) is 11.1 Å². The predicted molar refractivity (Wildman–Crippen MR) is 70.8 cm³/mol. The van der Waals surface area contributed by atoms with Crippen molar-refractivity contribution in [3.8, 4) is 0 Å². The van der Waals surface area contributed by atoms with Crippen molar-refractivity contribution in [2.75, 3.05) is 6.54 Å². The minimum atomic E-state index is -0.841. The minimum absolute atomic E-state index is 0.0983. The van der Waals surface area contributed by atoms with Crippen LogP contribution in [-0.2, 0) is 6.54 Å². The van der Waals surface area contributed by atoms with Crippen molar-refractivity contribution in [3.05, 3.63) is 40.2 Å². The van der Waals surface area contributed by atoms with E-state index in [4.69, 9.17) is 4.42 Å². The second-order valence-corrected chi connectivity index (χ2v) is 5.26. The van der Waals surface area contributed by atoms with Gasteiger partial charge in [0.15, 0.2) is 0 Å². The fraction of sp³-hybridized carbons (Fsp3) is 0.333. The number of carbonyl (C=O) groups is 1. The third-order valence-electron chi connectivity index (χ3n) is 2.42. The smallest absolute Gasteiger partial charge is 0.315 e. The summed E-state index contributed by atoms with van der Waals surface area (Å²) in [6.07, 6.45) is 2.37. The Bertz CT molecular complexity index is 524. The Morgan fingerprint density at radius 3 is 3.05 bits per heavy atom. The van der Waals surface area contributed by atoms with Crippen molar-refractivity contribution in [2.24, 2.45) is 0 Å². The maximum Gasteiger partial charge on any atom is 0.315 e. The molecule has 0 aliphatic heterocycles. The molecule has 2 heterocycles. The molecule has 0 spiro atoms. The minimum Gasteiger partial charge on any atom is -0.467 e. The van der Waals surface area contributed by atoms with E-state index < -0.39 is 6.10 Å². The molecule has 0 saturated heterocycles. The largest absolute Gasteiger partial charge is 0.467 e. The van der Waals surface area contributed by atoms with Crippen LogP contribution in [0.15, 0.2) is 29.0 Å². The lowest BCUT2D eigenvalue weighted by atomic mass is 10.3. The van der Waals surface area contributed by atoms with Crippen LogP contribution in [0, 0.1) is 6.92 Å². The van der Waals surface area contributed by atoms with E-state index in [1.807, 2.05) is 6.92 Å². The SMILES string of the molecule is Cc1ncc(CNC(=O)NCC(O)c2ccco2)s1. The van der Waals surface area contributed by atoms with Gasteiger partial charge in [-0.25, -0.2) is 9.78 Å². The Balaban J connectivity index is 1.70. The van der Waals surface area contributed by atoms with Crippen LogP contribution in [0.4, 0.5) is 4.79 Å². The summed E-state index contributed by atoms with van der Waals surface area (Å²) in [5.41, 5.74) is 0. The quantitative estimate of drug-likeness (QED) is 0.776. The van der Waals surface area contributed by atoms with Gasteiger partial charge in [0.25, 0.3) is 0 Å². The average Bonchev–Trinajstić information content (AvgIpc) is 3.04. The molecule has 2 amide bonds. The summed E-state index contributed by atoms with van der Waals surface area (Å²) < 4.78 is 5.03. The summed E-state index contributed by atoms with van der Waals surface area (Å²) in [5, 5.41) is 15.9. The summed E-state index contributed by atoms with van der Waals surface area (Å²) in [6.45, 7) is 2.43. The van der Waals surface area contributed by atoms with Crippen molar-refractivity contribution in [1.82, 2.24) is 15.6 Å². The highest BCUT2D eigenvalue weighted by Crippen LogP contribution is 2.12. The van der Waals surface area contributed by atoms with E-state index in [1.54, 1.807) is 18.3 Å². The van der Waals surface area contributed by atoms with E-state index in [0.29, 0.717) is 12.3 Å². The number of urea groups is 1. The Morgan fingerprint density at radius 1 is 1.58 bits per heavy atom. The predicted octanol–water partition coefficient (Wildman–Crippen LogP) is 1.58. The summed E-state index contributed by atoms with van der Waals surface area (Å²) in [6, 6.07) is 3.01. The number of aliphatic hydroxyl groups excluding tert-OH is 1. The summed E-state index contributed by atoms with van der Waals surface area (Å²) >= 11 is 1.53. The van der Waals surface area contributed by atoms with Crippen LogP contribution < -0.4 is 10.6 Å². The molecule has 0 bridgehead atoms. The number of nitrogens with zero attached hydrogens (tertiary/aromatic N) is 1. The van der Waals surface area contributed by atoms with E-state index in [1.165, 1.54) is 17.6 Å². The van der Waals surface area contributed by atoms with E-state index in [0.717, 1.165) is 9.88 Å². The fourth-order valence-corrected chi connectivity index (χ4v) is 2.22. The summed E-state index contributed by atoms with van der Waals surface area (Å²) in [5.74, 6) is 0.429. The number of hydrogen-bond acceptors (Lipinski definition) is 5. The first kappa shape index (κ1) is 13.6. The van der Waals surface area contributed by atoms with E-state index in [9.17, 15) is 9.90 Å². The molecule has 2 rings (SSSR count). The van der Waals surface area contributed by atoms with Gasteiger partial charge in [-0.15, -0.1) is 11.3 Å². The lowest BCUT2D eigenvalue weighted by Crippen LogP contribution is -2.37. The third kappa shape index (κ3) is 4.08. The molecule has 0 aromatic carbocycles. The topological polar surface area (TPSA) is 87.4 Å². The zero-order valence-electron chi connectivity index (χ0n) is 10.4. The van der Waals surface area contributed by atoms with E-state index in [2.05, 4.69) is 15.6 Å². The number of aromatic nitrogens is 1. The van der Waals surface area contributed by atoms with E-state index in [-0.39, 0.29) is 12.6 Å². The van der Waals surface area contributed by atoms with Crippen molar-refractivity contribution in [1.29, 1.82) is 0 Å². The van der Waals surface area contributed by atoms with Crippen LogP contribution >= 0.6 is 11.3 Å². The number of carbonyl (C=O) groups excluding carboxylic acids is 1. The van der Waals surface area contributed by atoms with Crippen LogP contribution in [0.3, 0.4) is 0 Å². The maximum absolute atomic E-state index is 11.5. The zero-order chi connectivity index (χ0) is 13.7. The zero-order valence-corrected chi connectivity index (χ0v) is 11.2. The van der Waals surface area contributed by atoms with Gasteiger partial charge in [-0.3, -0.25) is 0 Å². The number of aliphatic hydroxyl groups is 1. The molecule has 2 aromatic rings. The van der Waals surface area contributed by atoms with Gasteiger partial charge < -0.3 is 20.2 Å². The van der Waals surface area contributed by atoms with Gasteiger partial charge in [-0.05, 0) is 19.1 Å². The lowest BCUT2D eigenvalue weighted by Gasteiger charge is -2.10. The average molecular weight is 281 g/mol. The molecule has 1 unspecified atom stereocenters. The summed E-state index contributed by atoms with van der Waals surface area (Å²) in [4.78, 5) is 16.6. The molecule has 102 valence electrons. The molecule has 0 fully saturated rings. The molecule has 2 aromatic heterocycles. The molecule has 0 radical (unpaired) electrons. The van der Waals surface area contributed by atoms with Crippen LogP contribution in [0.2, 0.25) is 0 Å². The Morgan fingerprint density at radius 2 is 2.42 bits per heavy atom. The number of amides is 2. The monoisotopic (exact) mass is 281 g/mol.